The SMILES string of the molecule is CCOC(=O)CCNC(=O)c1ccc(C[C@@H](C)CNc2ccc(-c3nnc(-c4ccccc4)o3)cc2)cc1. The van der Waals surface area contributed by atoms with E-state index in [1.807, 2.05) is 78.9 Å². The smallest absolute Gasteiger partial charge is 0.307 e. The van der Waals surface area contributed by atoms with Gasteiger partial charge in [-0.25, -0.2) is 0 Å². The molecule has 0 fully saturated rings. The Hall–Kier alpha value is -4.46. The average Bonchev–Trinajstić information content (AvgIpc) is 3.44. The number of hydrogen-bond donors (Lipinski definition) is 2. The number of carbonyl (C=O) groups is 2. The molecular weight excluding hydrogens is 480 g/mol. The third-order valence-electron chi connectivity index (χ3n) is 5.95. The lowest BCUT2D eigenvalue weighted by Gasteiger charge is -2.14. The van der Waals surface area contributed by atoms with Gasteiger partial charge in [-0.3, -0.25) is 9.59 Å². The molecule has 3 aromatic carbocycles. The standard InChI is InChI=1S/C30H32N4O4/c1-3-37-27(35)17-18-31-28(36)23-11-9-22(10-12-23)19-21(2)20-32-26-15-13-25(14-16-26)30-34-33-29(38-30)24-7-5-4-6-8-24/h4-16,21,32H,3,17-20H2,1-2H3,(H,31,36)/t21-/m1/s1. The molecule has 0 radical (unpaired) electrons. The summed E-state index contributed by atoms with van der Waals surface area (Å²) in [5.74, 6) is 0.851. The third kappa shape index (κ3) is 7.52. The van der Waals surface area contributed by atoms with Gasteiger partial charge in [0, 0.05) is 35.5 Å². The first kappa shape index (κ1) is 26.6. The summed E-state index contributed by atoms with van der Waals surface area (Å²) in [5.41, 5.74) is 4.49. The highest BCUT2D eigenvalue weighted by Crippen LogP contribution is 2.25. The van der Waals surface area contributed by atoms with Gasteiger partial charge in [0.25, 0.3) is 5.91 Å². The number of benzene rings is 3. The summed E-state index contributed by atoms with van der Waals surface area (Å²) < 4.78 is 10.7. The van der Waals surface area contributed by atoms with Crippen LogP contribution in [0.25, 0.3) is 22.9 Å². The molecule has 38 heavy (non-hydrogen) atoms. The van der Waals surface area contributed by atoms with E-state index in [0.29, 0.717) is 29.9 Å². The van der Waals surface area contributed by atoms with Gasteiger partial charge in [0.15, 0.2) is 0 Å². The quantitative estimate of drug-likeness (QED) is 0.246. The molecule has 8 heteroatoms. The second kappa shape index (κ2) is 13.2. The van der Waals surface area contributed by atoms with Crippen LogP contribution in [0, 0.1) is 5.92 Å². The fourth-order valence-electron chi connectivity index (χ4n) is 3.94. The van der Waals surface area contributed by atoms with E-state index in [1.54, 1.807) is 6.92 Å². The van der Waals surface area contributed by atoms with Crippen LogP contribution in [0.5, 0.6) is 0 Å². The first-order chi connectivity index (χ1) is 18.5. The van der Waals surface area contributed by atoms with Crippen LogP contribution >= 0.6 is 0 Å². The van der Waals surface area contributed by atoms with Crippen molar-refractivity contribution >= 4 is 17.6 Å². The van der Waals surface area contributed by atoms with Crippen LogP contribution in [-0.4, -0.2) is 41.8 Å². The fourth-order valence-corrected chi connectivity index (χ4v) is 3.94. The summed E-state index contributed by atoms with van der Waals surface area (Å²) in [7, 11) is 0. The summed E-state index contributed by atoms with van der Waals surface area (Å²) in [4.78, 5) is 23.7. The molecule has 0 spiro atoms. The summed E-state index contributed by atoms with van der Waals surface area (Å²) in [5, 5.41) is 14.6. The lowest BCUT2D eigenvalue weighted by molar-refractivity contribution is -0.142. The minimum atomic E-state index is -0.314. The largest absolute Gasteiger partial charge is 0.466 e. The molecule has 196 valence electrons. The van der Waals surface area contributed by atoms with Crippen molar-refractivity contribution in [3.05, 3.63) is 90.0 Å². The van der Waals surface area contributed by atoms with Crippen molar-refractivity contribution in [2.75, 3.05) is 25.0 Å². The first-order valence-corrected chi connectivity index (χ1v) is 12.8. The molecule has 0 bridgehead atoms. The fraction of sp³-hybridized carbons (Fsp3) is 0.267. The summed E-state index contributed by atoms with van der Waals surface area (Å²) in [6.07, 6.45) is 1.04. The number of rotatable bonds is 12. The second-order valence-electron chi connectivity index (χ2n) is 9.05. The Morgan fingerprint density at radius 1 is 0.895 bits per heavy atom. The second-order valence-corrected chi connectivity index (χ2v) is 9.05. The third-order valence-corrected chi connectivity index (χ3v) is 5.95. The molecule has 2 N–H and O–H groups in total. The zero-order chi connectivity index (χ0) is 26.7. The number of aromatic nitrogens is 2. The van der Waals surface area contributed by atoms with Crippen LogP contribution in [0.15, 0.2) is 83.3 Å². The monoisotopic (exact) mass is 512 g/mol. The normalized spacial score (nSPS) is 11.5. The Morgan fingerprint density at radius 3 is 2.21 bits per heavy atom. The highest BCUT2D eigenvalue weighted by atomic mass is 16.5. The number of carbonyl (C=O) groups excluding carboxylic acids is 2. The lowest BCUT2D eigenvalue weighted by atomic mass is 9.99. The molecule has 4 aromatic rings. The number of hydrogen-bond acceptors (Lipinski definition) is 7. The van der Waals surface area contributed by atoms with Crippen LogP contribution < -0.4 is 10.6 Å². The van der Waals surface area contributed by atoms with Crippen molar-refractivity contribution in [1.29, 1.82) is 0 Å². The number of anilines is 1. The molecule has 1 atom stereocenters. The van der Waals surface area contributed by atoms with Crippen molar-refractivity contribution in [2.45, 2.75) is 26.7 Å². The van der Waals surface area contributed by atoms with E-state index < -0.39 is 0 Å². The molecule has 0 unspecified atom stereocenters. The molecule has 0 aliphatic carbocycles. The number of amides is 1. The molecule has 1 aromatic heterocycles. The highest BCUT2D eigenvalue weighted by molar-refractivity contribution is 5.94. The van der Waals surface area contributed by atoms with Crippen molar-refractivity contribution in [3.8, 4) is 22.9 Å². The molecular formula is C30H32N4O4. The van der Waals surface area contributed by atoms with E-state index in [2.05, 4.69) is 27.8 Å². The van der Waals surface area contributed by atoms with Crippen molar-refractivity contribution in [3.63, 3.8) is 0 Å². The molecule has 1 amide bonds. The molecule has 0 aliphatic rings. The van der Waals surface area contributed by atoms with Crippen LogP contribution in [0.4, 0.5) is 5.69 Å². The number of nitrogens with zero attached hydrogens (tertiary/aromatic N) is 2. The molecule has 4 rings (SSSR count). The summed E-state index contributed by atoms with van der Waals surface area (Å²) in [6, 6.07) is 25.2. The Morgan fingerprint density at radius 2 is 1.55 bits per heavy atom. The average molecular weight is 513 g/mol. The van der Waals surface area contributed by atoms with E-state index in [4.69, 9.17) is 9.15 Å². The molecule has 0 aliphatic heterocycles. The van der Waals surface area contributed by atoms with Gasteiger partial charge < -0.3 is 19.8 Å². The van der Waals surface area contributed by atoms with Crippen molar-refractivity contribution in [1.82, 2.24) is 15.5 Å². The Balaban J connectivity index is 1.22. The number of ether oxygens (including phenoxy) is 1. The zero-order valence-electron chi connectivity index (χ0n) is 21.6. The van der Waals surface area contributed by atoms with Crippen LogP contribution in [-0.2, 0) is 16.0 Å². The topological polar surface area (TPSA) is 106 Å². The zero-order valence-corrected chi connectivity index (χ0v) is 21.6. The van der Waals surface area contributed by atoms with Crippen molar-refractivity contribution < 1.29 is 18.7 Å². The minimum absolute atomic E-state index is 0.164. The van der Waals surface area contributed by atoms with Crippen molar-refractivity contribution in [2.24, 2.45) is 5.92 Å². The van der Waals surface area contributed by atoms with Crippen LogP contribution in [0.2, 0.25) is 0 Å². The Kier molecular flexibility index (Phi) is 9.23. The first-order valence-electron chi connectivity index (χ1n) is 12.8. The van der Waals surface area contributed by atoms with Gasteiger partial charge in [0.2, 0.25) is 11.8 Å². The Bertz CT molecular complexity index is 1320. The van der Waals surface area contributed by atoms with E-state index in [1.165, 1.54) is 0 Å². The maximum absolute atomic E-state index is 12.3. The lowest BCUT2D eigenvalue weighted by Crippen LogP contribution is -2.26. The van der Waals surface area contributed by atoms with Gasteiger partial charge in [-0.1, -0.05) is 37.3 Å². The molecule has 0 saturated carbocycles. The maximum atomic E-state index is 12.3. The van der Waals surface area contributed by atoms with E-state index in [0.717, 1.165) is 35.3 Å². The van der Waals surface area contributed by atoms with Gasteiger partial charge >= 0.3 is 5.97 Å². The van der Waals surface area contributed by atoms with Crippen LogP contribution in [0.3, 0.4) is 0 Å². The molecule has 0 saturated heterocycles. The minimum Gasteiger partial charge on any atom is -0.466 e. The highest BCUT2D eigenvalue weighted by Gasteiger charge is 2.11. The van der Waals surface area contributed by atoms with Gasteiger partial charge in [0.05, 0.1) is 13.0 Å². The number of nitrogens with one attached hydrogen (secondary N) is 2. The predicted octanol–water partition coefficient (Wildman–Crippen LogP) is 5.38. The van der Waals surface area contributed by atoms with Gasteiger partial charge in [-0.15, -0.1) is 10.2 Å². The van der Waals surface area contributed by atoms with E-state index in [9.17, 15) is 9.59 Å². The summed E-state index contributed by atoms with van der Waals surface area (Å²) >= 11 is 0. The maximum Gasteiger partial charge on any atom is 0.307 e. The van der Waals surface area contributed by atoms with Gasteiger partial charge in [0.1, 0.15) is 0 Å². The Labute approximate surface area is 222 Å². The van der Waals surface area contributed by atoms with E-state index >= 15 is 0 Å². The van der Waals surface area contributed by atoms with E-state index in [-0.39, 0.29) is 24.8 Å². The molecule has 8 nitrogen and oxygen atoms in total. The molecule has 1 heterocycles. The predicted molar refractivity (Wildman–Crippen MR) is 147 cm³/mol. The number of esters is 1. The van der Waals surface area contributed by atoms with Gasteiger partial charge in [-0.05, 0) is 73.4 Å². The van der Waals surface area contributed by atoms with Crippen LogP contribution in [0.1, 0.15) is 36.2 Å². The van der Waals surface area contributed by atoms with Gasteiger partial charge in [-0.2, -0.15) is 0 Å². The summed E-state index contributed by atoms with van der Waals surface area (Å²) in [6.45, 7) is 5.33.